The molecule has 0 bridgehead atoms. The van der Waals surface area contributed by atoms with Crippen LogP contribution in [0.4, 0.5) is 0 Å². The first-order chi connectivity index (χ1) is 49.9. The van der Waals surface area contributed by atoms with Gasteiger partial charge in [0.1, 0.15) is 66.5 Å². The number of likely N-dealkylation sites (N-methyl/N-ethyl adjacent to an activating group) is 7. The Bertz CT molecular complexity index is 3100. The number of amides is 12. The number of aliphatic hydroxyl groups excluding tert-OH is 2. The van der Waals surface area contributed by atoms with Crippen LogP contribution in [0.25, 0.3) is 0 Å². The highest BCUT2D eigenvalue weighted by molar-refractivity contribution is 7.99. The fraction of sp³-hybridized carbons (Fsp3) is 0.756. The number of unbranched alkanes of at least 4 members (excludes halogenated alkanes) is 5. The van der Waals surface area contributed by atoms with E-state index in [1.54, 1.807) is 41.5 Å². The molecule has 107 heavy (non-hydrogen) atoms. The highest BCUT2D eigenvalue weighted by Crippen LogP contribution is 2.28. The minimum Gasteiger partial charge on any atom is -0.478 e. The van der Waals surface area contributed by atoms with Crippen LogP contribution in [-0.2, 0) is 52.7 Å². The highest BCUT2D eigenvalue weighted by atomic mass is 32.2. The molecule has 1 heterocycles. The summed E-state index contributed by atoms with van der Waals surface area (Å²) in [6.07, 6.45) is 3.62. The molecular formula is C78H134N12O16S. The van der Waals surface area contributed by atoms with E-state index in [4.69, 9.17) is 0 Å². The lowest BCUT2D eigenvalue weighted by atomic mass is 9.90. The number of thioether (sulfide) groups is 1. The van der Waals surface area contributed by atoms with Crippen LogP contribution in [0.2, 0.25) is 0 Å². The van der Waals surface area contributed by atoms with E-state index in [2.05, 4.69) is 26.6 Å². The van der Waals surface area contributed by atoms with E-state index in [0.717, 1.165) is 17.7 Å². The molecule has 0 spiro atoms. The lowest BCUT2D eigenvalue weighted by Gasteiger charge is -2.41. The van der Waals surface area contributed by atoms with Crippen molar-refractivity contribution in [2.24, 2.45) is 41.4 Å². The average Bonchev–Trinajstić information content (AvgIpc) is 0.787. The van der Waals surface area contributed by atoms with Gasteiger partial charge in [0, 0.05) is 73.8 Å². The van der Waals surface area contributed by atoms with Crippen molar-refractivity contribution in [2.75, 3.05) is 74.0 Å². The van der Waals surface area contributed by atoms with Crippen LogP contribution >= 0.6 is 11.8 Å². The number of aromatic carboxylic acids is 1. The SMILES string of the molecule is CC[C@@H]1NC(=O)[C@H]([C@H](O)[C@H](C)CCCCCCCNC(=O)c2ccc(C(=O)O)cc2)N(C)C(=O)[C@H](C(C)C)N(C)C(=O)[C@H](CC(C)C)N(C)C(=O)[C@H](CC(C)C)N(C)C(=O)[C@H](C)NC(=O)[C@@H](C)NC(=O)[C@@H](CC(C)C)N(C)C(=O)[C@@H](C(C)C)NC(=O)[C@H](CC(C)C)N(C)C(=O)[C@@H](CSCCCCO)N(C)C1=O. The first-order valence-corrected chi connectivity index (χ1v) is 39.6. The maximum atomic E-state index is 15.6. The fourth-order valence-electron chi connectivity index (χ4n) is 13.4. The van der Waals surface area contributed by atoms with E-state index < -0.39 is 161 Å². The van der Waals surface area contributed by atoms with E-state index in [1.165, 1.54) is 129 Å². The molecular weight excluding hydrogens is 1390 g/mol. The zero-order valence-electron chi connectivity index (χ0n) is 68.5. The molecule has 2 rings (SSSR count). The molecule has 608 valence electrons. The predicted octanol–water partition coefficient (Wildman–Crippen LogP) is 5.65. The van der Waals surface area contributed by atoms with Crippen molar-refractivity contribution in [3.63, 3.8) is 0 Å². The summed E-state index contributed by atoms with van der Waals surface area (Å²) in [7, 11) is 9.95. The van der Waals surface area contributed by atoms with Crippen LogP contribution in [-0.4, -0.2) is 273 Å². The molecule has 1 aliphatic rings. The Kier molecular flexibility index (Phi) is 41.3. The largest absolute Gasteiger partial charge is 0.478 e. The number of nitrogens with one attached hydrogen (secondary N) is 5. The van der Waals surface area contributed by atoms with Gasteiger partial charge < -0.3 is 76.2 Å². The monoisotopic (exact) mass is 1530 g/mol. The third kappa shape index (κ3) is 28.8. The first kappa shape index (κ1) is 95.7. The minimum atomic E-state index is -1.70. The molecule has 0 saturated carbocycles. The van der Waals surface area contributed by atoms with Gasteiger partial charge in [-0.15, -0.1) is 0 Å². The number of carboxylic acids is 1. The molecule has 12 amide bonds. The van der Waals surface area contributed by atoms with Gasteiger partial charge in [0.25, 0.3) is 5.91 Å². The molecule has 1 fully saturated rings. The molecule has 0 unspecified atom stereocenters. The summed E-state index contributed by atoms with van der Waals surface area (Å²) in [4.78, 5) is 198. The van der Waals surface area contributed by atoms with Crippen molar-refractivity contribution in [2.45, 2.75) is 267 Å². The molecule has 0 aliphatic carbocycles. The van der Waals surface area contributed by atoms with Crippen molar-refractivity contribution in [3.8, 4) is 0 Å². The second-order valence-corrected chi connectivity index (χ2v) is 32.9. The Morgan fingerprint density at radius 1 is 0.458 bits per heavy atom. The normalized spacial score (nSPS) is 24.3. The zero-order valence-corrected chi connectivity index (χ0v) is 69.3. The smallest absolute Gasteiger partial charge is 0.335 e. The Hall–Kier alpha value is -7.40. The van der Waals surface area contributed by atoms with Gasteiger partial charge in [-0.25, -0.2) is 4.79 Å². The predicted molar refractivity (Wildman–Crippen MR) is 415 cm³/mol. The van der Waals surface area contributed by atoms with E-state index in [-0.39, 0.29) is 79.6 Å². The molecule has 1 aliphatic heterocycles. The summed E-state index contributed by atoms with van der Waals surface area (Å²) in [5.41, 5.74) is 0.387. The van der Waals surface area contributed by atoms with Crippen LogP contribution in [0.5, 0.6) is 0 Å². The summed E-state index contributed by atoms with van der Waals surface area (Å²) in [5.74, 6) is -11.4. The average molecular weight is 1530 g/mol. The molecule has 0 radical (unpaired) electrons. The molecule has 1 aromatic carbocycles. The molecule has 1 aromatic rings. The number of rotatable bonds is 29. The van der Waals surface area contributed by atoms with Gasteiger partial charge in [-0.3, -0.25) is 57.5 Å². The van der Waals surface area contributed by atoms with Crippen LogP contribution in [0.15, 0.2) is 24.3 Å². The van der Waals surface area contributed by atoms with E-state index in [1.807, 2.05) is 55.4 Å². The van der Waals surface area contributed by atoms with Crippen LogP contribution in [0, 0.1) is 41.4 Å². The molecule has 29 heteroatoms. The minimum absolute atomic E-state index is 0.00534. The summed E-state index contributed by atoms with van der Waals surface area (Å²) in [6.45, 7) is 28.3. The summed E-state index contributed by atoms with van der Waals surface area (Å²) >= 11 is 1.34. The van der Waals surface area contributed by atoms with Gasteiger partial charge in [0.15, 0.2) is 0 Å². The fourth-order valence-corrected chi connectivity index (χ4v) is 14.5. The number of aliphatic hydroxyl groups is 2. The summed E-state index contributed by atoms with van der Waals surface area (Å²) in [6, 6.07) is -8.62. The molecule has 1 saturated heterocycles. The number of hydrogen-bond donors (Lipinski definition) is 8. The Morgan fingerprint density at radius 3 is 1.38 bits per heavy atom. The Morgan fingerprint density at radius 2 is 0.888 bits per heavy atom. The standard InChI is InChI=1S/C78H134N12O16S/c1-24-56-72(99)88(21)61(44-107-39-31-30-38-91)75(102)84(17)58(41-46(4)5)69(96)83-62(49(10)11)76(103)85(18)57(40-45(2)3)68(95)80-52(15)66(93)81-53(16)71(98)86(19)59(42-47(6)7)73(100)87(20)60(43-48(8)9)74(101)89(22)63(50(12)13)77(104)90(23)64(70(97)82-56)65(92)51(14)32-28-26-25-27-29-37-79-67(94)54-33-35-55(36-34-54)78(105)106/h33-36,45-53,56-65,91-92H,24-32,37-44H2,1-23H3,(H,79,94)(H,80,95)(H,81,93)(H,82,97)(H,83,96)(H,105,106)/t51-,52-,53+,56+,57-,58+,59+,60+,61-,62-,63+,64+,65-/m1/s1. The molecule has 0 aromatic heterocycles. The van der Waals surface area contributed by atoms with E-state index in [9.17, 15) is 48.9 Å². The quantitative estimate of drug-likeness (QED) is 0.0449. The topological polar surface area (TPSA) is 365 Å². The van der Waals surface area contributed by atoms with Gasteiger partial charge in [0.2, 0.25) is 65.0 Å². The van der Waals surface area contributed by atoms with E-state index in [0.29, 0.717) is 56.4 Å². The van der Waals surface area contributed by atoms with Gasteiger partial charge in [-0.1, -0.05) is 123 Å². The van der Waals surface area contributed by atoms with Gasteiger partial charge in [-0.05, 0) is 143 Å². The number of carbonyl (C=O) groups is 13. The van der Waals surface area contributed by atoms with Crippen LogP contribution < -0.4 is 26.6 Å². The second kappa shape index (κ2) is 46.2. The highest BCUT2D eigenvalue weighted by Gasteiger charge is 2.47. The number of benzene rings is 1. The first-order valence-electron chi connectivity index (χ1n) is 38.5. The summed E-state index contributed by atoms with van der Waals surface area (Å²) < 4.78 is 0. The Balaban J connectivity index is 3.00. The van der Waals surface area contributed by atoms with Crippen LogP contribution in [0.3, 0.4) is 0 Å². The van der Waals surface area contributed by atoms with Gasteiger partial charge in [-0.2, -0.15) is 11.8 Å². The number of carbonyl (C=O) groups excluding carboxylic acids is 12. The summed E-state index contributed by atoms with van der Waals surface area (Å²) in [5, 5.41) is 45.6. The molecule has 13 atom stereocenters. The Labute approximate surface area is 641 Å². The number of nitrogens with zero attached hydrogens (tertiary/aromatic N) is 7. The van der Waals surface area contributed by atoms with Gasteiger partial charge >= 0.3 is 5.97 Å². The third-order valence-electron chi connectivity index (χ3n) is 20.1. The maximum Gasteiger partial charge on any atom is 0.335 e. The van der Waals surface area contributed by atoms with Crippen molar-refractivity contribution in [1.82, 2.24) is 60.9 Å². The van der Waals surface area contributed by atoms with Crippen LogP contribution in [0.1, 0.15) is 215 Å². The van der Waals surface area contributed by atoms with Crippen molar-refractivity contribution >= 4 is 88.6 Å². The molecule has 8 N–H and O–H groups in total. The maximum absolute atomic E-state index is 15.6. The molecule has 28 nitrogen and oxygen atoms in total. The third-order valence-corrected chi connectivity index (χ3v) is 21.3. The zero-order chi connectivity index (χ0) is 81.8. The van der Waals surface area contributed by atoms with Crippen molar-refractivity contribution in [3.05, 3.63) is 35.4 Å². The second-order valence-electron chi connectivity index (χ2n) is 31.7. The lowest BCUT2D eigenvalue weighted by Crippen LogP contribution is -2.64. The van der Waals surface area contributed by atoms with E-state index >= 15 is 28.8 Å². The van der Waals surface area contributed by atoms with Gasteiger partial charge in [0.05, 0.1) is 11.7 Å². The van der Waals surface area contributed by atoms with Crippen molar-refractivity contribution in [1.29, 1.82) is 0 Å². The number of hydrogen-bond acceptors (Lipinski definition) is 16. The number of carboxylic acid groups (broad SMARTS) is 1. The lowest BCUT2D eigenvalue weighted by molar-refractivity contribution is -0.157. The van der Waals surface area contributed by atoms with Crippen molar-refractivity contribution < 1.29 is 77.6 Å².